The fraction of sp³-hybridized carbons (Fsp3) is 0.611. The molecule has 3 aliphatic rings. The Balaban J connectivity index is 1.87. The summed E-state index contributed by atoms with van der Waals surface area (Å²) in [7, 11) is 0. The number of amides is 1. The number of hydrogen-bond acceptors (Lipinski definition) is 2. The third-order valence-electron chi connectivity index (χ3n) is 6.08. The molecule has 2 atom stereocenters. The molecule has 2 fully saturated rings. The van der Waals surface area contributed by atoms with E-state index in [4.69, 9.17) is 0 Å². The Kier molecular flexibility index (Phi) is 2.74. The van der Waals surface area contributed by atoms with Crippen LogP contribution in [0.5, 0.6) is 0 Å². The van der Waals surface area contributed by atoms with Crippen molar-refractivity contribution >= 4 is 5.91 Å². The minimum Gasteiger partial charge on any atom is -0.394 e. The van der Waals surface area contributed by atoms with E-state index in [1.807, 2.05) is 4.90 Å². The quantitative estimate of drug-likeness (QED) is 0.861. The van der Waals surface area contributed by atoms with E-state index in [9.17, 15) is 9.90 Å². The number of carbonyl (C=O) groups is 1. The van der Waals surface area contributed by atoms with Crippen LogP contribution in [0.3, 0.4) is 0 Å². The zero-order chi connectivity index (χ0) is 14.7. The summed E-state index contributed by atoms with van der Waals surface area (Å²) in [5, 5.41) is 9.83. The highest BCUT2D eigenvalue weighted by Gasteiger charge is 2.61. The smallest absolute Gasteiger partial charge is 0.229 e. The van der Waals surface area contributed by atoms with Crippen LogP contribution in [0.2, 0.25) is 0 Å². The summed E-state index contributed by atoms with van der Waals surface area (Å²) < 4.78 is 0. The Bertz CT molecular complexity index is 591. The second-order valence-corrected chi connectivity index (χ2v) is 7.31. The second-order valence-electron chi connectivity index (χ2n) is 7.31. The maximum absolute atomic E-state index is 13.2. The van der Waals surface area contributed by atoms with E-state index in [0.29, 0.717) is 5.91 Å². The van der Waals surface area contributed by atoms with E-state index in [-0.39, 0.29) is 23.6 Å². The van der Waals surface area contributed by atoms with Crippen LogP contribution >= 0.6 is 0 Å². The van der Waals surface area contributed by atoms with E-state index in [0.717, 1.165) is 25.7 Å². The Morgan fingerprint density at radius 1 is 1.29 bits per heavy atom. The average Bonchev–Trinajstić information content (AvgIpc) is 3.03. The third kappa shape index (κ3) is 1.61. The lowest BCUT2D eigenvalue weighted by atomic mass is 9.74. The van der Waals surface area contributed by atoms with Crippen LogP contribution in [0.25, 0.3) is 0 Å². The average molecular weight is 285 g/mol. The molecular formula is C18H23NO2. The Labute approximate surface area is 126 Å². The van der Waals surface area contributed by atoms with E-state index in [2.05, 4.69) is 31.2 Å². The highest BCUT2D eigenvalue weighted by atomic mass is 16.3. The number of hydrogen-bond donors (Lipinski definition) is 1. The van der Waals surface area contributed by atoms with Gasteiger partial charge in [0, 0.05) is 0 Å². The first kappa shape index (κ1) is 13.3. The molecule has 4 rings (SSSR count). The van der Waals surface area contributed by atoms with Crippen molar-refractivity contribution in [1.29, 1.82) is 0 Å². The van der Waals surface area contributed by atoms with Gasteiger partial charge in [0.2, 0.25) is 5.91 Å². The second kappa shape index (κ2) is 4.33. The number of carbonyl (C=O) groups excluding carboxylic acids is 1. The Morgan fingerprint density at radius 3 is 2.71 bits per heavy atom. The van der Waals surface area contributed by atoms with Crippen molar-refractivity contribution < 1.29 is 9.90 Å². The van der Waals surface area contributed by atoms with E-state index in [1.165, 1.54) is 24.0 Å². The summed E-state index contributed by atoms with van der Waals surface area (Å²) in [6.45, 7) is 2.27. The zero-order valence-corrected chi connectivity index (χ0v) is 12.6. The van der Waals surface area contributed by atoms with Gasteiger partial charge in [0.1, 0.15) is 0 Å². The van der Waals surface area contributed by atoms with Gasteiger partial charge in [-0.1, -0.05) is 37.1 Å². The van der Waals surface area contributed by atoms with Gasteiger partial charge in [0.05, 0.1) is 23.6 Å². The minimum absolute atomic E-state index is 0.0580. The first-order valence-corrected chi connectivity index (χ1v) is 8.14. The van der Waals surface area contributed by atoms with Gasteiger partial charge in [-0.15, -0.1) is 0 Å². The maximum atomic E-state index is 13.2. The summed E-state index contributed by atoms with van der Waals surface area (Å²) >= 11 is 0. The standard InChI is InChI=1S/C18H23NO2/c1-17-12-18(8-4-5-9-18)16(21)19(17)14(11-20)10-13-6-2-3-7-15(13)17/h2-3,6-7,14,20H,4-5,8-12H2,1H3/t14-,17+/m0/s1. The molecule has 3 heteroatoms. The topological polar surface area (TPSA) is 40.5 Å². The monoisotopic (exact) mass is 285 g/mol. The number of nitrogens with zero attached hydrogens (tertiary/aromatic N) is 1. The number of benzene rings is 1. The highest BCUT2D eigenvalue weighted by Crippen LogP contribution is 2.58. The summed E-state index contributed by atoms with van der Waals surface area (Å²) in [6, 6.07) is 8.42. The third-order valence-corrected chi connectivity index (χ3v) is 6.08. The highest BCUT2D eigenvalue weighted by molar-refractivity contribution is 5.87. The number of aliphatic hydroxyl groups is 1. The van der Waals surface area contributed by atoms with Gasteiger partial charge in [0.15, 0.2) is 0 Å². The Hall–Kier alpha value is -1.35. The molecule has 0 radical (unpaired) electrons. The van der Waals surface area contributed by atoms with Crippen LogP contribution in [0.15, 0.2) is 24.3 Å². The van der Waals surface area contributed by atoms with Gasteiger partial charge in [-0.3, -0.25) is 4.79 Å². The van der Waals surface area contributed by atoms with Crippen molar-refractivity contribution in [3.63, 3.8) is 0 Å². The van der Waals surface area contributed by atoms with Crippen LogP contribution in [0.1, 0.15) is 50.2 Å². The van der Waals surface area contributed by atoms with Crippen molar-refractivity contribution in [1.82, 2.24) is 4.90 Å². The van der Waals surface area contributed by atoms with Crippen molar-refractivity contribution in [2.24, 2.45) is 5.41 Å². The first-order valence-electron chi connectivity index (χ1n) is 8.14. The van der Waals surface area contributed by atoms with Crippen LogP contribution < -0.4 is 0 Å². The summed E-state index contributed by atoms with van der Waals surface area (Å²) in [4.78, 5) is 15.2. The van der Waals surface area contributed by atoms with Gasteiger partial charge in [-0.2, -0.15) is 0 Å². The predicted molar refractivity (Wildman–Crippen MR) is 80.7 cm³/mol. The molecule has 3 nitrogen and oxygen atoms in total. The lowest BCUT2D eigenvalue weighted by Gasteiger charge is -2.45. The lowest BCUT2D eigenvalue weighted by molar-refractivity contribution is -0.142. The van der Waals surface area contributed by atoms with Crippen molar-refractivity contribution in [2.45, 2.75) is 57.0 Å². The fourth-order valence-electron chi connectivity index (χ4n) is 5.25. The summed E-state index contributed by atoms with van der Waals surface area (Å²) in [5.41, 5.74) is 2.22. The Morgan fingerprint density at radius 2 is 2.00 bits per heavy atom. The normalized spacial score (nSPS) is 33.3. The number of rotatable bonds is 1. The first-order chi connectivity index (χ1) is 10.1. The van der Waals surface area contributed by atoms with E-state index < -0.39 is 0 Å². The molecule has 2 aliphatic heterocycles. The van der Waals surface area contributed by atoms with E-state index in [1.54, 1.807) is 0 Å². The van der Waals surface area contributed by atoms with Gasteiger partial charge in [0.25, 0.3) is 0 Å². The predicted octanol–water partition coefficient (Wildman–Crippen LogP) is 2.61. The lowest BCUT2D eigenvalue weighted by Crippen LogP contribution is -2.54. The van der Waals surface area contributed by atoms with Crippen molar-refractivity contribution in [3.05, 3.63) is 35.4 Å². The molecule has 1 N–H and O–H groups in total. The summed E-state index contributed by atoms with van der Waals surface area (Å²) in [5.74, 6) is 0.302. The van der Waals surface area contributed by atoms with Gasteiger partial charge in [-0.05, 0) is 43.7 Å². The molecule has 21 heavy (non-hydrogen) atoms. The van der Waals surface area contributed by atoms with Crippen LogP contribution in [0.4, 0.5) is 0 Å². The SMILES string of the molecule is C[C@]12CC3(CCCC3)C(=O)N1[C@H](CO)Cc1ccccc12. The summed E-state index contributed by atoms with van der Waals surface area (Å²) in [6.07, 6.45) is 6.09. The number of fused-ring (bicyclic) bond motifs is 3. The van der Waals surface area contributed by atoms with Crippen LogP contribution in [-0.2, 0) is 16.8 Å². The molecule has 1 aromatic carbocycles. The molecular weight excluding hydrogens is 262 g/mol. The van der Waals surface area contributed by atoms with Crippen molar-refractivity contribution in [3.8, 4) is 0 Å². The molecule has 1 aliphatic carbocycles. The molecule has 1 saturated heterocycles. The molecule has 0 aromatic heterocycles. The van der Waals surface area contributed by atoms with Gasteiger partial charge < -0.3 is 10.0 Å². The maximum Gasteiger partial charge on any atom is 0.229 e. The minimum atomic E-state index is -0.232. The molecule has 1 spiro atoms. The van der Waals surface area contributed by atoms with Crippen molar-refractivity contribution in [2.75, 3.05) is 6.61 Å². The van der Waals surface area contributed by atoms with Gasteiger partial charge in [-0.25, -0.2) is 0 Å². The largest absolute Gasteiger partial charge is 0.394 e. The van der Waals surface area contributed by atoms with Crippen LogP contribution in [0, 0.1) is 5.41 Å². The molecule has 112 valence electrons. The molecule has 1 saturated carbocycles. The number of aliphatic hydroxyl groups excluding tert-OH is 1. The van der Waals surface area contributed by atoms with Gasteiger partial charge >= 0.3 is 0 Å². The molecule has 1 aromatic rings. The molecule has 0 bridgehead atoms. The molecule has 1 amide bonds. The fourth-order valence-corrected chi connectivity index (χ4v) is 5.25. The van der Waals surface area contributed by atoms with E-state index >= 15 is 0 Å². The van der Waals surface area contributed by atoms with Crippen LogP contribution in [-0.4, -0.2) is 28.6 Å². The molecule has 2 heterocycles. The molecule has 0 unspecified atom stereocenters. The zero-order valence-electron chi connectivity index (χ0n) is 12.6.